The van der Waals surface area contributed by atoms with Crippen molar-refractivity contribution in [2.45, 2.75) is 5.92 Å². The first-order chi connectivity index (χ1) is 14.1. The van der Waals surface area contributed by atoms with E-state index in [9.17, 15) is 9.18 Å². The van der Waals surface area contributed by atoms with E-state index in [-0.39, 0.29) is 30.5 Å². The second-order valence-corrected chi connectivity index (χ2v) is 6.57. The van der Waals surface area contributed by atoms with Gasteiger partial charge in [0.05, 0.1) is 18.3 Å². The molecular formula is C23H18FN3O2. The Balaban J connectivity index is 1.36. The van der Waals surface area contributed by atoms with Gasteiger partial charge in [0.1, 0.15) is 18.2 Å². The molecule has 0 bridgehead atoms. The summed E-state index contributed by atoms with van der Waals surface area (Å²) in [5.41, 5.74) is 10.6. The van der Waals surface area contributed by atoms with Crippen molar-refractivity contribution < 1.29 is 13.9 Å². The van der Waals surface area contributed by atoms with E-state index in [1.807, 2.05) is 24.3 Å². The molecule has 0 unspecified atom stereocenters. The summed E-state index contributed by atoms with van der Waals surface area (Å²) in [7, 11) is 0. The van der Waals surface area contributed by atoms with Crippen LogP contribution in [0.1, 0.15) is 22.6 Å². The highest BCUT2D eigenvalue weighted by molar-refractivity contribution is 5.79. The van der Waals surface area contributed by atoms with Gasteiger partial charge in [-0.1, -0.05) is 60.4 Å². The number of carbonyl (C=O) groups excluding carboxylic acids is 1. The van der Waals surface area contributed by atoms with Crippen LogP contribution in [0.15, 0.2) is 60.8 Å². The van der Waals surface area contributed by atoms with E-state index in [0.717, 1.165) is 17.3 Å². The molecule has 0 spiro atoms. The Hall–Kier alpha value is -3.85. The Kier molecular flexibility index (Phi) is 5.12. The number of carbonyl (C=O) groups is 1. The predicted molar refractivity (Wildman–Crippen MR) is 109 cm³/mol. The highest BCUT2D eigenvalue weighted by Gasteiger charge is 2.28. The molecule has 1 aromatic heterocycles. The molecule has 4 rings (SSSR count). The number of nitrogens with two attached hydrogens (primary N) is 1. The summed E-state index contributed by atoms with van der Waals surface area (Å²) < 4.78 is 18.6. The summed E-state index contributed by atoms with van der Waals surface area (Å²) in [5.74, 6) is 5.01. The molecule has 3 aromatic rings. The number of pyridine rings is 1. The van der Waals surface area contributed by atoms with Crippen LogP contribution in [0.5, 0.6) is 0 Å². The van der Waals surface area contributed by atoms with Gasteiger partial charge in [0.15, 0.2) is 0 Å². The molecule has 0 saturated carbocycles. The van der Waals surface area contributed by atoms with Gasteiger partial charge in [0.25, 0.3) is 0 Å². The van der Waals surface area contributed by atoms with Crippen LogP contribution in [0.2, 0.25) is 0 Å². The van der Waals surface area contributed by atoms with Crippen molar-refractivity contribution in [1.29, 1.82) is 0 Å². The number of halogens is 1. The first kappa shape index (κ1) is 18.5. The van der Waals surface area contributed by atoms with E-state index < -0.39 is 11.9 Å². The van der Waals surface area contributed by atoms with Gasteiger partial charge in [-0.25, -0.2) is 14.2 Å². The average molecular weight is 387 g/mol. The van der Waals surface area contributed by atoms with Crippen LogP contribution < -0.4 is 11.1 Å². The number of amides is 1. The van der Waals surface area contributed by atoms with Crippen molar-refractivity contribution >= 4 is 11.9 Å². The SMILES string of the molecule is Nc1ncc(F)cc1C#CCNC(=O)OCC1c2ccccc2-c2ccccc21. The van der Waals surface area contributed by atoms with Gasteiger partial charge in [0, 0.05) is 5.92 Å². The summed E-state index contributed by atoms with van der Waals surface area (Å²) in [6.07, 6.45) is 0.460. The van der Waals surface area contributed by atoms with Crippen molar-refractivity contribution in [3.05, 3.63) is 83.3 Å². The van der Waals surface area contributed by atoms with E-state index in [4.69, 9.17) is 10.5 Å². The molecule has 0 aliphatic heterocycles. The zero-order chi connectivity index (χ0) is 20.2. The number of fused-ring (bicyclic) bond motifs is 3. The van der Waals surface area contributed by atoms with E-state index in [1.165, 1.54) is 17.2 Å². The minimum absolute atomic E-state index is 0.00241. The van der Waals surface area contributed by atoms with E-state index in [1.54, 1.807) is 0 Å². The monoisotopic (exact) mass is 387 g/mol. The fourth-order valence-electron chi connectivity index (χ4n) is 3.46. The molecule has 1 amide bonds. The zero-order valence-corrected chi connectivity index (χ0v) is 15.5. The molecule has 1 aliphatic rings. The lowest BCUT2D eigenvalue weighted by Crippen LogP contribution is -2.26. The third kappa shape index (κ3) is 3.90. The van der Waals surface area contributed by atoms with Crippen LogP contribution in [0, 0.1) is 17.7 Å². The van der Waals surface area contributed by atoms with Crippen LogP contribution >= 0.6 is 0 Å². The first-order valence-electron chi connectivity index (χ1n) is 9.12. The number of rotatable bonds is 3. The van der Waals surface area contributed by atoms with Crippen LogP contribution in [-0.4, -0.2) is 24.2 Å². The molecule has 0 radical (unpaired) electrons. The smallest absolute Gasteiger partial charge is 0.407 e. The number of nitrogen functional groups attached to an aromatic ring is 1. The summed E-state index contributed by atoms with van der Waals surface area (Å²) in [5, 5.41) is 2.57. The molecule has 29 heavy (non-hydrogen) atoms. The maximum Gasteiger partial charge on any atom is 0.407 e. The van der Waals surface area contributed by atoms with E-state index >= 15 is 0 Å². The Labute approximate surface area is 167 Å². The van der Waals surface area contributed by atoms with E-state index in [0.29, 0.717) is 0 Å². The number of ether oxygens (including phenoxy) is 1. The summed E-state index contributed by atoms with van der Waals surface area (Å²) in [6, 6.07) is 17.5. The van der Waals surface area contributed by atoms with Gasteiger partial charge in [-0.2, -0.15) is 0 Å². The van der Waals surface area contributed by atoms with Crippen molar-refractivity contribution in [3.8, 4) is 23.0 Å². The maximum absolute atomic E-state index is 13.2. The summed E-state index contributed by atoms with van der Waals surface area (Å²) >= 11 is 0. The number of hydrogen-bond donors (Lipinski definition) is 2. The minimum Gasteiger partial charge on any atom is -0.449 e. The lowest BCUT2D eigenvalue weighted by molar-refractivity contribution is 0.144. The third-order valence-electron chi connectivity index (χ3n) is 4.77. The second kappa shape index (κ2) is 8.03. The van der Waals surface area contributed by atoms with Crippen molar-refractivity contribution in [2.24, 2.45) is 0 Å². The molecule has 0 fully saturated rings. The molecule has 5 nitrogen and oxygen atoms in total. The maximum atomic E-state index is 13.2. The largest absolute Gasteiger partial charge is 0.449 e. The number of anilines is 1. The van der Waals surface area contributed by atoms with Crippen molar-refractivity contribution in [2.75, 3.05) is 18.9 Å². The number of hydrogen-bond acceptors (Lipinski definition) is 4. The quantitative estimate of drug-likeness (QED) is 0.672. The molecule has 3 N–H and O–H groups in total. The molecule has 0 saturated heterocycles. The normalized spacial score (nSPS) is 11.8. The highest BCUT2D eigenvalue weighted by Crippen LogP contribution is 2.44. The first-order valence-corrected chi connectivity index (χ1v) is 9.12. The van der Waals surface area contributed by atoms with Gasteiger partial charge in [-0.15, -0.1) is 0 Å². The Bertz CT molecular complexity index is 1090. The number of benzene rings is 2. The Morgan fingerprint density at radius 1 is 1.14 bits per heavy atom. The summed E-state index contributed by atoms with van der Waals surface area (Å²) in [6.45, 7) is 0.278. The van der Waals surface area contributed by atoms with Gasteiger partial charge < -0.3 is 15.8 Å². The number of alkyl carbamates (subject to hydrolysis) is 1. The van der Waals surface area contributed by atoms with Crippen LogP contribution in [0.25, 0.3) is 11.1 Å². The standard InChI is InChI=1S/C23H18FN3O2/c24-16-12-15(22(25)27-13-16)6-5-11-26-23(28)29-14-21-19-9-3-1-7-17(19)18-8-2-4-10-20(18)21/h1-4,7-10,12-13,21H,11,14H2,(H2,25,27)(H,26,28). The topological polar surface area (TPSA) is 77.2 Å². The molecule has 1 heterocycles. The van der Waals surface area contributed by atoms with Crippen LogP contribution in [-0.2, 0) is 4.74 Å². The Morgan fingerprint density at radius 3 is 2.48 bits per heavy atom. The Morgan fingerprint density at radius 2 is 1.79 bits per heavy atom. The summed E-state index contributed by atoms with van der Waals surface area (Å²) in [4.78, 5) is 15.7. The van der Waals surface area contributed by atoms with E-state index in [2.05, 4.69) is 46.4 Å². The molecule has 6 heteroatoms. The van der Waals surface area contributed by atoms with Gasteiger partial charge in [0.2, 0.25) is 0 Å². The fourth-order valence-corrected chi connectivity index (χ4v) is 3.46. The number of aromatic nitrogens is 1. The number of nitrogens with one attached hydrogen (secondary N) is 1. The fraction of sp³-hybridized carbons (Fsp3) is 0.130. The molecule has 1 aliphatic carbocycles. The zero-order valence-electron chi connectivity index (χ0n) is 15.5. The lowest BCUT2D eigenvalue weighted by Gasteiger charge is -2.14. The average Bonchev–Trinajstić information content (AvgIpc) is 3.06. The van der Waals surface area contributed by atoms with Gasteiger partial charge in [-0.3, -0.25) is 0 Å². The molecular weight excluding hydrogens is 369 g/mol. The van der Waals surface area contributed by atoms with Crippen molar-refractivity contribution in [1.82, 2.24) is 10.3 Å². The minimum atomic E-state index is -0.563. The predicted octanol–water partition coefficient (Wildman–Crippen LogP) is 3.69. The lowest BCUT2D eigenvalue weighted by atomic mass is 9.98. The highest BCUT2D eigenvalue weighted by atomic mass is 19.1. The van der Waals surface area contributed by atoms with Gasteiger partial charge in [-0.05, 0) is 28.3 Å². The number of nitrogens with zero attached hydrogens (tertiary/aromatic N) is 1. The van der Waals surface area contributed by atoms with Crippen molar-refractivity contribution in [3.63, 3.8) is 0 Å². The van der Waals surface area contributed by atoms with Crippen LogP contribution in [0.3, 0.4) is 0 Å². The molecule has 0 atom stereocenters. The van der Waals surface area contributed by atoms with Crippen LogP contribution in [0.4, 0.5) is 15.0 Å². The molecule has 144 valence electrons. The third-order valence-corrected chi connectivity index (χ3v) is 4.77. The second-order valence-electron chi connectivity index (χ2n) is 6.57. The van der Waals surface area contributed by atoms with Gasteiger partial charge >= 0.3 is 6.09 Å². The molecule has 2 aromatic carbocycles.